The van der Waals surface area contributed by atoms with Crippen LogP contribution in [0.5, 0.6) is 0 Å². The minimum atomic E-state index is -1.21. The highest BCUT2D eigenvalue weighted by Gasteiger charge is 2.30. The maximum Gasteiger partial charge on any atom is 0.407 e. The Morgan fingerprint density at radius 3 is 2.30 bits per heavy atom. The SMILES string of the molecule is COC(=O)C[C@H](C)[C@@H](NC(=O)C[C@H](O)CNC(=O)OCc1ccccc1)C(=O)OC. The van der Waals surface area contributed by atoms with Gasteiger partial charge < -0.3 is 30.0 Å². The van der Waals surface area contributed by atoms with Crippen molar-refractivity contribution in [2.45, 2.75) is 38.5 Å². The van der Waals surface area contributed by atoms with Crippen LogP contribution in [0.4, 0.5) is 4.79 Å². The van der Waals surface area contributed by atoms with Crippen LogP contribution in [0.25, 0.3) is 0 Å². The van der Waals surface area contributed by atoms with Gasteiger partial charge in [0.2, 0.25) is 5.91 Å². The third-order valence-electron chi connectivity index (χ3n) is 4.17. The molecule has 0 heterocycles. The van der Waals surface area contributed by atoms with Crippen molar-refractivity contribution in [1.82, 2.24) is 10.6 Å². The lowest BCUT2D eigenvalue weighted by Crippen LogP contribution is -2.47. The minimum Gasteiger partial charge on any atom is -0.469 e. The van der Waals surface area contributed by atoms with Crippen LogP contribution in [-0.4, -0.2) is 62.0 Å². The fourth-order valence-electron chi connectivity index (χ4n) is 2.52. The topological polar surface area (TPSA) is 140 Å². The number of hydrogen-bond donors (Lipinski definition) is 3. The number of carbonyl (C=O) groups is 4. The van der Waals surface area contributed by atoms with Gasteiger partial charge in [-0.15, -0.1) is 0 Å². The molecule has 0 aromatic heterocycles. The standard InChI is InChI=1S/C20H28N2O8/c1-13(9-17(25)28-2)18(19(26)29-3)22-16(24)10-15(23)11-21-20(27)30-12-14-7-5-4-6-8-14/h4-8,13,15,18,23H,9-12H2,1-3H3,(H,21,27)(H,22,24)/t13-,15-,18+/m0/s1. The lowest BCUT2D eigenvalue weighted by molar-refractivity contribution is -0.148. The number of amides is 2. The van der Waals surface area contributed by atoms with E-state index in [1.54, 1.807) is 19.1 Å². The number of aliphatic hydroxyl groups excluding tert-OH is 1. The van der Waals surface area contributed by atoms with Gasteiger partial charge in [0.25, 0.3) is 0 Å². The summed E-state index contributed by atoms with van der Waals surface area (Å²) in [5.74, 6) is -2.49. The summed E-state index contributed by atoms with van der Waals surface area (Å²) in [7, 11) is 2.38. The zero-order chi connectivity index (χ0) is 22.5. The third kappa shape index (κ3) is 9.37. The van der Waals surface area contributed by atoms with Gasteiger partial charge in [-0.3, -0.25) is 9.59 Å². The van der Waals surface area contributed by atoms with Gasteiger partial charge in [0.15, 0.2) is 0 Å². The molecule has 1 aromatic rings. The maximum absolute atomic E-state index is 12.2. The van der Waals surface area contributed by atoms with E-state index in [0.29, 0.717) is 0 Å². The van der Waals surface area contributed by atoms with E-state index in [1.165, 1.54) is 7.11 Å². The van der Waals surface area contributed by atoms with Crippen LogP contribution in [0.15, 0.2) is 30.3 Å². The summed E-state index contributed by atoms with van der Waals surface area (Å²) in [4.78, 5) is 47.2. The Morgan fingerprint density at radius 2 is 1.70 bits per heavy atom. The van der Waals surface area contributed by atoms with Gasteiger partial charge in [0.1, 0.15) is 12.6 Å². The summed E-state index contributed by atoms with van der Waals surface area (Å²) in [6, 6.07) is 7.97. The second-order valence-electron chi connectivity index (χ2n) is 6.63. The number of methoxy groups -OCH3 is 2. The molecular weight excluding hydrogens is 396 g/mol. The van der Waals surface area contributed by atoms with Crippen molar-refractivity contribution in [3.63, 3.8) is 0 Å². The van der Waals surface area contributed by atoms with Crippen molar-refractivity contribution < 1.29 is 38.5 Å². The molecule has 1 aromatic carbocycles. The van der Waals surface area contributed by atoms with Crippen molar-refractivity contribution in [2.24, 2.45) is 5.92 Å². The van der Waals surface area contributed by atoms with Gasteiger partial charge in [-0.1, -0.05) is 37.3 Å². The molecule has 1 rings (SSSR count). The van der Waals surface area contributed by atoms with Gasteiger partial charge in [0.05, 0.1) is 33.2 Å². The van der Waals surface area contributed by atoms with Crippen LogP contribution in [0.3, 0.4) is 0 Å². The molecule has 0 saturated carbocycles. The Kier molecular flexibility index (Phi) is 10.9. The fourth-order valence-corrected chi connectivity index (χ4v) is 2.52. The zero-order valence-electron chi connectivity index (χ0n) is 17.3. The molecule has 3 atom stereocenters. The maximum atomic E-state index is 12.2. The molecule has 0 bridgehead atoms. The van der Waals surface area contributed by atoms with Crippen LogP contribution < -0.4 is 10.6 Å². The first-order valence-electron chi connectivity index (χ1n) is 9.33. The van der Waals surface area contributed by atoms with Crippen LogP contribution in [0.1, 0.15) is 25.3 Å². The van der Waals surface area contributed by atoms with Gasteiger partial charge >= 0.3 is 18.0 Å². The molecule has 0 aliphatic heterocycles. The van der Waals surface area contributed by atoms with Crippen molar-refractivity contribution in [1.29, 1.82) is 0 Å². The second kappa shape index (κ2) is 13.2. The van der Waals surface area contributed by atoms with Crippen molar-refractivity contribution in [2.75, 3.05) is 20.8 Å². The van der Waals surface area contributed by atoms with Gasteiger partial charge in [-0.25, -0.2) is 9.59 Å². The molecule has 0 radical (unpaired) electrons. The Hall–Kier alpha value is -3.14. The molecule has 0 unspecified atom stereocenters. The number of carbonyl (C=O) groups excluding carboxylic acids is 4. The lowest BCUT2D eigenvalue weighted by Gasteiger charge is -2.22. The molecule has 30 heavy (non-hydrogen) atoms. The Bertz CT molecular complexity index is 710. The Balaban J connectivity index is 2.43. The number of nitrogens with one attached hydrogen (secondary N) is 2. The van der Waals surface area contributed by atoms with E-state index >= 15 is 0 Å². The molecule has 0 spiro atoms. The molecule has 166 valence electrons. The molecule has 10 heteroatoms. The largest absolute Gasteiger partial charge is 0.469 e. The van der Waals surface area contributed by atoms with Crippen molar-refractivity contribution >= 4 is 23.9 Å². The summed E-state index contributed by atoms with van der Waals surface area (Å²) in [6.45, 7) is 1.43. The zero-order valence-corrected chi connectivity index (χ0v) is 17.3. The predicted octanol–water partition coefficient (Wildman–Crippen LogP) is 0.521. The lowest BCUT2D eigenvalue weighted by atomic mass is 9.98. The van der Waals surface area contributed by atoms with E-state index in [-0.39, 0.29) is 26.0 Å². The number of esters is 2. The van der Waals surface area contributed by atoms with Gasteiger partial charge in [0, 0.05) is 6.54 Å². The number of ether oxygens (including phenoxy) is 3. The smallest absolute Gasteiger partial charge is 0.407 e. The number of alkyl carbamates (subject to hydrolysis) is 1. The van der Waals surface area contributed by atoms with Gasteiger partial charge in [-0.05, 0) is 11.5 Å². The minimum absolute atomic E-state index is 0.0716. The molecule has 0 aliphatic rings. The highest BCUT2D eigenvalue weighted by molar-refractivity contribution is 5.85. The highest BCUT2D eigenvalue weighted by atomic mass is 16.5. The monoisotopic (exact) mass is 424 g/mol. The van der Waals surface area contributed by atoms with E-state index in [9.17, 15) is 24.3 Å². The fraction of sp³-hybridized carbons (Fsp3) is 0.500. The summed E-state index contributed by atoms with van der Waals surface area (Å²) in [6.07, 6.45) is -2.42. The summed E-state index contributed by atoms with van der Waals surface area (Å²) < 4.78 is 14.2. The van der Waals surface area contributed by atoms with Crippen molar-refractivity contribution in [3.05, 3.63) is 35.9 Å². The van der Waals surface area contributed by atoms with Crippen LogP contribution in [0, 0.1) is 5.92 Å². The Morgan fingerprint density at radius 1 is 1.03 bits per heavy atom. The van der Waals surface area contributed by atoms with E-state index in [1.807, 2.05) is 18.2 Å². The molecule has 0 fully saturated rings. The summed E-state index contributed by atoms with van der Waals surface area (Å²) in [5.41, 5.74) is 0.808. The van der Waals surface area contributed by atoms with Crippen molar-refractivity contribution in [3.8, 4) is 0 Å². The van der Waals surface area contributed by atoms with E-state index in [2.05, 4.69) is 20.1 Å². The summed E-state index contributed by atoms with van der Waals surface area (Å²) in [5, 5.41) is 14.8. The highest BCUT2D eigenvalue weighted by Crippen LogP contribution is 2.11. The van der Waals surface area contributed by atoms with E-state index in [4.69, 9.17) is 4.74 Å². The van der Waals surface area contributed by atoms with E-state index < -0.39 is 42.0 Å². The molecule has 0 saturated heterocycles. The summed E-state index contributed by atoms with van der Waals surface area (Å²) >= 11 is 0. The normalized spacial score (nSPS) is 13.3. The first-order chi connectivity index (χ1) is 14.3. The number of hydrogen-bond acceptors (Lipinski definition) is 8. The second-order valence-corrected chi connectivity index (χ2v) is 6.63. The quantitative estimate of drug-likeness (QED) is 0.345. The molecule has 10 nitrogen and oxygen atoms in total. The molecular formula is C20H28N2O8. The van der Waals surface area contributed by atoms with Gasteiger partial charge in [-0.2, -0.15) is 0 Å². The number of benzene rings is 1. The van der Waals surface area contributed by atoms with E-state index in [0.717, 1.165) is 12.7 Å². The van der Waals surface area contributed by atoms with Crippen LogP contribution in [0.2, 0.25) is 0 Å². The molecule has 3 N–H and O–H groups in total. The van der Waals surface area contributed by atoms with Crippen LogP contribution >= 0.6 is 0 Å². The molecule has 0 aliphatic carbocycles. The first-order valence-corrected chi connectivity index (χ1v) is 9.33. The number of aliphatic hydroxyl groups is 1. The van der Waals surface area contributed by atoms with Crippen LogP contribution in [-0.2, 0) is 35.2 Å². The first kappa shape index (κ1) is 24.9. The third-order valence-corrected chi connectivity index (χ3v) is 4.17. The Labute approximate surface area is 174 Å². The average molecular weight is 424 g/mol. The predicted molar refractivity (Wildman–Crippen MR) is 105 cm³/mol. The number of rotatable bonds is 11. The molecule has 2 amide bonds. The average Bonchev–Trinajstić information content (AvgIpc) is 2.74.